The summed E-state index contributed by atoms with van der Waals surface area (Å²) >= 11 is 1.56. The molecule has 1 atom stereocenters. The topological polar surface area (TPSA) is 50.1 Å². The number of aromatic amines is 1. The van der Waals surface area contributed by atoms with Crippen LogP contribution >= 0.6 is 11.8 Å². The van der Waals surface area contributed by atoms with Crippen molar-refractivity contribution in [1.82, 2.24) is 9.78 Å². The average Bonchev–Trinajstić information content (AvgIpc) is 2.78. The minimum Gasteiger partial charge on any atom is -0.268 e. The molecule has 1 saturated carbocycles. The molecule has 0 bridgehead atoms. The molecule has 4 nitrogen and oxygen atoms in total. The molecule has 1 aliphatic carbocycles. The van der Waals surface area contributed by atoms with E-state index in [4.69, 9.17) is 4.99 Å². The summed E-state index contributed by atoms with van der Waals surface area (Å²) in [5.41, 5.74) is 1.56. The SMILES string of the molecule is CC1=Nc2c(c(=O)[nH]n2C2CCCCCC2)[C@@H](c2ccc(F)cc2)S1. The van der Waals surface area contributed by atoms with Crippen LogP contribution < -0.4 is 5.56 Å². The van der Waals surface area contributed by atoms with Gasteiger partial charge in [0.2, 0.25) is 0 Å². The van der Waals surface area contributed by atoms with Crippen LogP contribution in [-0.4, -0.2) is 14.8 Å². The molecule has 1 aromatic carbocycles. The Kier molecular flexibility index (Phi) is 4.54. The molecule has 1 fully saturated rings. The van der Waals surface area contributed by atoms with Crippen LogP contribution in [0.4, 0.5) is 10.2 Å². The molecule has 1 aliphatic heterocycles. The van der Waals surface area contributed by atoms with E-state index < -0.39 is 0 Å². The third-order valence-corrected chi connectivity index (χ3v) is 6.29. The molecule has 0 amide bonds. The maximum absolute atomic E-state index is 13.3. The predicted molar refractivity (Wildman–Crippen MR) is 100 cm³/mol. The van der Waals surface area contributed by atoms with Crippen LogP contribution in [0.2, 0.25) is 0 Å². The van der Waals surface area contributed by atoms with Crippen molar-refractivity contribution >= 4 is 22.6 Å². The van der Waals surface area contributed by atoms with E-state index in [2.05, 4.69) is 5.10 Å². The molecule has 0 unspecified atom stereocenters. The van der Waals surface area contributed by atoms with E-state index in [1.807, 2.05) is 11.6 Å². The highest BCUT2D eigenvalue weighted by Crippen LogP contribution is 2.44. The van der Waals surface area contributed by atoms with Crippen LogP contribution in [0.5, 0.6) is 0 Å². The molecule has 1 aromatic heterocycles. The molecule has 132 valence electrons. The smallest absolute Gasteiger partial charge is 0.268 e. The summed E-state index contributed by atoms with van der Waals surface area (Å²) < 4.78 is 15.3. The lowest BCUT2D eigenvalue weighted by Crippen LogP contribution is -2.13. The molecule has 0 radical (unpaired) electrons. The number of halogens is 1. The average molecular weight is 359 g/mol. The van der Waals surface area contributed by atoms with E-state index in [1.165, 1.54) is 37.8 Å². The lowest BCUT2D eigenvalue weighted by atomic mass is 10.1. The van der Waals surface area contributed by atoms with Gasteiger partial charge in [-0.2, -0.15) is 0 Å². The minimum absolute atomic E-state index is 0.0719. The van der Waals surface area contributed by atoms with E-state index in [9.17, 15) is 9.18 Å². The molecule has 0 saturated heterocycles. The van der Waals surface area contributed by atoms with Gasteiger partial charge in [0.1, 0.15) is 5.82 Å². The van der Waals surface area contributed by atoms with Gasteiger partial charge in [-0.1, -0.05) is 49.6 Å². The summed E-state index contributed by atoms with van der Waals surface area (Å²) in [6.45, 7) is 1.97. The van der Waals surface area contributed by atoms with Crippen LogP contribution in [0.3, 0.4) is 0 Å². The fraction of sp³-hybridized carbons (Fsp3) is 0.474. The number of hydrogen-bond acceptors (Lipinski definition) is 3. The number of aliphatic imine (C=N–C) groups is 1. The second kappa shape index (κ2) is 6.83. The number of H-pyrrole nitrogens is 1. The predicted octanol–water partition coefficient (Wildman–Crippen LogP) is 5.10. The van der Waals surface area contributed by atoms with E-state index >= 15 is 0 Å². The number of aromatic nitrogens is 2. The van der Waals surface area contributed by atoms with Gasteiger partial charge < -0.3 is 0 Å². The summed E-state index contributed by atoms with van der Waals surface area (Å²) in [5, 5.41) is 3.85. The Bertz CT molecular complexity index is 845. The van der Waals surface area contributed by atoms with Crippen molar-refractivity contribution in [1.29, 1.82) is 0 Å². The van der Waals surface area contributed by atoms with Crippen molar-refractivity contribution in [3.05, 3.63) is 51.6 Å². The van der Waals surface area contributed by atoms with Gasteiger partial charge in [-0.25, -0.2) is 9.38 Å². The normalized spacial score (nSPS) is 21.5. The maximum atomic E-state index is 13.3. The highest BCUT2D eigenvalue weighted by molar-refractivity contribution is 8.14. The first-order valence-corrected chi connectivity index (χ1v) is 9.83. The molecular weight excluding hydrogens is 337 g/mol. The van der Waals surface area contributed by atoms with E-state index in [0.29, 0.717) is 11.6 Å². The molecular formula is C19H22FN3OS. The molecule has 0 spiro atoms. The first-order chi connectivity index (χ1) is 12.1. The molecule has 6 heteroatoms. The zero-order valence-corrected chi connectivity index (χ0v) is 15.1. The Balaban J connectivity index is 1.79. The zero-order valence-electron chi connectivity index (χ0n) is 14.3. The standard InChI is InChI=1S/C19H22FN3OS/c1-12-21-18-16(17(25-12)13-8-10-14(20)11-9-13)19(24)22-23(18)15-6-4-2-3-5-7-15/h8-11,15,17H,2-7H2,1H3,(H,22,24)/t17-/m1/s1. The van der Waals surface area contributed by atoms with Crippen LogP contribution in [0, 0.1) is 5.82 Å². The Hall–Kier alpha value is -1.82. The molecule has 4 rings (SSSR count). The fourth-order valence-electron chi connectivity index (χ4n) is 3.86. The maximum Gasteiger partial charge on any atom is 0.271 e. The Morgan fingerprint density at radius 1 is 1.16 bits per heavy atom. The Morgan fingerprint density at radius 2 is 1.84 bits per heavy atom. The van der Waals surface area contributed by atoms with Gasteiger partial charge in [-0.3, -0.25) is 14.6 Å². The van der Waals surface area contributed by atoms with Crippen molar-refractivity contribution in [2.75, 3.05) is 0 Å². The first kappa shape index (κ1) is 16.6. The second-order valence-corrected chi connectivity index (χ2v) is 8.17. The van der Waals surface area contributed by atoms with Crippen LogP contribution in [-0.2, 0) is 0 Å². The molecule has 2 aromatic rings. The van der Waals surface area contributed by atoms with Crippen molar-refractivity contribution in [2.45, 2.75) is 56.7 Å². The Morgan fingerprint density at radius 3 is 2.52 bits per heavy atom. The van der Waals surface area contributed by atoms with Gasteiger partial charge in [0.15, 0.2) is 5.82 Å². The number of hydrogen-bond donors (Lipinski definition) is 1. The third-order valence-electron chi connectivity index (χ3n) is 5.11. The highest BCUT2D eigenvalue weighted by atomic mass is 32.2. The number of thioether (sulfide) groups is 1. The summed E-state index contributed by atoms with van der Waals surface area (Å²) in [7, 11) is 0. The molecule has 2 aliphatic rings. The molecule has 2 heterocycles. The van der Waals surface area contributed by atoms with Crippen LogP contribution in [0.25, 0.3) is 0 Å². The van der Waals surface area contributed by atoms with Gasteiger partial charge in [-0.05, 0) is 37.5 Å². The van der Waals surface area contributed by atoms with Gasteiger partial charge in [0.25, 0.3) is 5.56 Å². The first-order valence-electron chi connectivity index (χ1n) is 8.95. The quantitative estimate of drug-likeness (QED) is 0.759. The highest BCUT2D eigenvalue weighted by Gasteiger charge is 2.32. The lowest BCUT2D eigenvalue weighted by molar-refractivity contribution is 0.407. The number of rotatable bonds is 2. The number of nitrogens with one attached hydrogen (secondary N) is 1. The third kappa shape index (κ3) is 3.19. The minimum atomic E-state index is -0.264. The van der Waals surface area contributed by atoms with Crippen LogP contribution in [0.1, 0.15) is 67.9 Å². The number of fused-ring (bicyclic) bond motifs is 1. The Labute approximate surface area is 150 Å². The fourth-order valence-corrected chi connectivity index (χ4v) is 4.97. The van der Waals surface area contributed by atoms with Crippen LogP contribution in [0.15, 0.2) is 34.1 Å². The summed E-state index contributed by atoms with van der Waals surface area (Å²) in [6, 6.07) is 6.74. The zero-order chi connectivity index (χ0) is 17.4. The monoisotopic (exact) mass is 359 g/mol. The van der Waals surface area contributed by atoms with Gasteiger partial charge in [0.05, 0.1) is 21.9 Å². The molecule has 1 N–H and O–H groups in total. The number of benzene rings is 1. The van der Waals surface area contributed by atoms with Gasteiger partial charge in [-0.15, -0.1) is 0 Å². The summed E-state index contributed by atoms with van der Waals surface area (Å²) in [4.78, 5) is 17.4. The van der Waals surface area contributed by atoms with Crippen molar-refractivity contribution in [3.8, 4) is 0 Å². The molecule has 25 heavy (non-hydrogen) atoms. The number of nitrogens with zero attached hydrogens (tertiary/aromatic N) is 2. The van der Waals surface area contributed by atoms with Gasteiger partial charge in [0, 0.05) is 0 Å². The second-order valence-electron chi connectivity index (χ2n) is 6.87. The van der Waals surface area contributed by atoms with Crippen molar-refractivity contribution < 1.29 is 4.39 Å². The largest absolute Gasteiger partial charge is 0.271 e. The van der Waals surface area contributed by atoms with E-state index in [-0.39, 0.29) is 16.6 Å². The van der Waals surface area contributed by atoms with Crippen molar-refractivity contribution in [2.24, 2.45) is 4.99 Å². The van der Waals surface area contributed by atoms with E-state index in [1.54, 1.807) is 23.9 Å². The summed E-state index contributed by atoms with van der Waals surface area (Å²) in [6.07, 6.45) is 7.08. The van der Waals surface area contributed by atoms with Gasteiger partial charge >= 0.3 is 0 Å². The lowest BCUT2D eigenvalue weighted by Gasteiger charge is -2.23. The summed E-state index contributed by atoms with van der Waals surface area (Å²) in [5.74, 6) is 0.502. The van der Waals surface area contributed by atoms with E-state index in [0.717, 1.165) is 29.3 Å². The van der Waals surface area contributed by atoms with Crippen molar-refractivity contribution in [3.63, 3.8) is 0 Å².